The third-order valence-electron chi connectivity index (χ3n) is 8.43. The van der Waals surface area contributed by atoms with Crippen molar-refractivity contribution in [2.45, 2.75) is 37.5 Å². The van der Waals surface area contributed by atoms with Crippen LogP contribution in [0.2, 0.25) is 26.1 Å². The van der Waals surface area contributed by atoms with Crippen LogP contribution in [0.25, 0.3) is 0 Å². The van der Waals surface area contributed by atoms with Gasteiger partial charge in [0.05, 0.1) is 0 Å². The van der Waals surface area contributed by atoms with Crippen LogP contribution in [0, 0.1) is 0 Å². The van der Waals surface area contributed by atoms with Crippen molar-refractivity contribution in [3.63, 3.8) is 0 Å². The molecule has 1 aliphatic carbocycles. The second-order valence-corrected chi connectivity index (χ2v) is 90.7. The minimum atomic E-state index is -16.1. The van der Waals surface area contributed by atoms with Crippen molar-refractivity contribution < 1.29 is 28.0 Å². The Labute approximate surface area is 141 Å². The van der Waals surface area contributed by atoms with Gasteiger partial charge in [0, 0.05) is 0 Å². The molecule has 0 atom stereocenters. The van der Waals surface area contributed by atoms with Crippen molar-refractivity contribution in [1.82, 2.24) is 0 Å². The first-order valence-electron chi connectivity index (χ1n) is 8.96. The molecule has 27 heavy (non-hydrogen) atoms. The van der Waals surface area contributed by atoms with E-state index in [2.05, 4.69) is 6.64 Å². The molecule has 0 aromatic heterocycles. The van der Waals surface area contributed by atoms with E-state index in [-0.39, 0.29) is 14.2 Å². The molecule has 0 radical (unpaired) electrons. The SMILES string of the molecule is C[O][Ti]([CH3])([CH3])([CH3])([CH3])([CH3])([F])([F])([F])([F])([F])([O]C)([S]c1ccccc1)[C]1=CC=CC1. The van der Waals surface area contributed by atoms with Crippen LogP contribution >= 0.6 is 9.35 Å². The Morgan fingerprint density at radius 3 is 1.59 bits per heavy atom. The molecule has 160 valence electrons. The molecule has 0 aliphatic heterocycles. The molecular formula is C18H31F5O2STi. The summed E-state index contributed by atoms with van der Waals surface area (Å²) < 4.78 is 101. The predicted octanol–water partition coefficient (Wildman–Crippen LogP) is 8.83. The summed E-state index contributed by atoms with van der Waals surface area (Å²) in [6, 6.07) is 5.72. The van der Waals surface area contributed by atoms with Crippen LogP contribution in [-0.4, -0.2) is 14.2 Å². The Morgan fingerprint density at radius 1 is 0.815 bits per heavy atom. The van der Waals surface area contributed by atoms with Gasteiger partial charge in [-0.2, -0.15) is 0 Å². The Hall–Kier alpha value is -0.666. The Kier molecular flexibility index (Phi) is 1.07. The molecular weight excluding hydrogens is 423 g/mol. The van der Waals surface area contributed by atoms with Crippen LogP contribution in [0.4, 0.5) is 15.5 Å². The average molecular weight is 454 g/mol. The van der Waals surface area contributed by atoms with Gasteiger partial charge in [0.2, 0.25) is 0 Å². The van der Waals surface area contributed by atoms with Crippen molar-refractivity contribution in [1.29, 1.82) is 0 Å². The van der Waals surface area contributed by atoms with Crippen LogP contribution in [0.15, 0.2) is 57.3 Å². The summed E-state index contributed by atoms with van der Waals surface area (Å²) in [5, 5.41) is -5.47. The van der Waals surface area contributed by atoms with Gasteiger partial charge in [0.15, 0.2) is 0 Å². The van der Waals surface area contributed by atoms with E-state index >= 15 is 15.5 Å². The van der Waals surface area contributed by atoms with E-state index in [0.29, 0.717) is 6.08 Å². The third kappa shape index (κ3) is 2.09. The molecule has 0 heterocycles. The monoisotopic (exact) mass is 454 g/mol. The molecule has 0 spiro atoms. The number of allylic oxidation sites excluding steroid dienone is 4. The van der Waals surface area contributed by atoms with E-state index in [9.17, 15) is 0 Å². The zero-order valence-electron chi connectivity index (χ0n) is 16.9. The summed E-state index contributed by atoms with van der Waals surface area (Å²) in [5.41, 5.74) is 0. The van der Waals surface area contributed by atoms with Gasteiger partial charge >= 0.3 is 141 Å². The molecule has 0 unspecified atom stereocenters. The normalized spacial score (nSPS) is 37.9. The van der Waals surface area contributed by atoms with Crippen LogP contribution < -0.4 is 0 Å². The molecule has 1 aliphatic rings. The Morgan fingerprint density at radius 2 is 1.26 bits per heavy atom. The molecule has 2 rings (SSSR count). The standard InChI is InChI=1S/C6H6S.C5H5.2CH3O.5CH3.5FH.Ti/c7-6-4-2-1-3-5-6;1-2-4-5-3-1;2*1-2;;;;;;;;;;;/h1-5,7H;1-3H,4H2;2*1H3;5*1H3;5*1H;/q;;2*-1;;;;;;;;;;;+8/p-6. The van der Waals surface area contributed by atoms with Crippen molar-refractivity contribution in [3.05, 3.63) is 52.4 Å². The number of halogens is 5. The molecule has 1 aromatic carbocycles. The Balaban J connectivity index is 3.92. The fourth-order valence-electron chi connectivity index (χ4n) is 3.90. The van der Waals surface area contributed by atoms with Crippen molar-refractivity contribution >= 4 is 9.35 Å². The fourth-order valence-corrected chi connectivity index (χ4v) is 24.3. The van der Waals surface area contributed by atoms with Crippen molar-refractivity contribution in [3.8, 4) is 0 Å². The summed E-state index contributed by atoms with van der Waals surface area (Å²) in [7, 11) is -1.81. The van der Waals surface area contributed by atoms with Crippen LogP contribution in [0.3, 0.4) is 0 Å². The maximum absolute atomic E-state index is 19.0. The number of benzene rings is 1. The molecule has 1 aromatic rings. The van der Waals surface area contributed by atoms with Crippen LogP contribution in [-0.2, 0) is 12.6 Å². The van der Waals surface area contributed by atoms with Gasteiger partial charge < -0.3 is 0 Å². The van der Waals surface area contributed by atoms with Crippen molar-refractivity contribution in [2.75, 3.05) is 14.2 Å². The van der Waals surface area contributed by atoms with E-state index < -0.39 is 56.6 Å². The fraction of sp³-hybridized carbons (Fsp3) is 0.444. The van der Waals surface area contributed by atoms with Gasteiger partial charge in [-0.05, 0) is 0 Å². The van der Waals surface area contributed by atoms with Gasteiger partial charge in [-0.3, -0.25) is 0 Å². The quantitative estimate of drug-likeness (QED) is 0.327. The zero-order chi connectivity index (χ0) is 21.9. The van der Waals surface area contributed by atoms with Gasteiger partial charge in [-0.1, -0.05) is 0 Å². The number of rotatable bonds is 5. The summed E-state index contributed by atoms with van der Waals surface area (Å²) in [6.45, 7) is 0. The van der Waals surface area contributed by atoms with Crippen LogP contribution in [0.5, 0.6) is 0 Å². The molecule has 0 amide bonds. The maximum atomic E-state index is 19.0. The molecule has 0 N–H and O–H groups in total. The average Bonchev–Trinajstić information content (AvgIpc) is 2.96. The summed E-state index contributed by atoms with van der Waals surface area (Å²) in [4.78, 5) is -0.832. The molecule has 0 bridgehead atoms. The second-order valence-electron chi connectivity index (χ2n) is 20.1. The molecule has 9 heteroatoms. The Bertz CT molecular complexity index is 1370. The van der Waals surface area contributed by atoms with E-state index in [0.717, 1.165) is 24.3 Å². The van der Waals surface area contributed by atoms with E-state index in [1.165, 1.54) is 18.2 Å². The predicted molar refractivity (Wildman–Crippen MR) is 103 cm³/mol. The number of hydrogen-bond acceptors (Lipinski definition) is 3. The van der Waals surface area contributed by atoms with E-state index in [1.54, 1.807) is 0 Å². The first kappa shape index (κ1) is 22.6. The van der Waals surface area contributed by atoms with Gasteiger partial charge in [0.1, 0.15) is 0 Å². The van der Waals surface area contributed by atoms with Crippen molar-refractivity contribution in [2.24, 2.45) is 0 Å². The molecule has 0 fully saturated rings. The summed E-state index contributed by atoms with van der Waals surface area (Å²) in [6.07, 6.45) is 0.997. The summed E-state index contributed by atoms with van der Waals surface area (Å²) in [5.74, 6) is -16.1. The molecule has 0 saturated heterocycles. The van der Waals surface area contributed by atoms with E-state index in [4.69, 9.17) is 0 Å². The first-order valence-corrected chi connectivity index (χ1v) is 24.5. The first-order chi connectivity index (χ1) is 10.3. The topological polar surface area (TPSA) is 18.5 Å². The summed E-state index contributed by atoms with van der Waals surface area (Å²) >= 11 is 0. The van der Waals surface area contributed by atoms with Gasteiger partial charge in [0.25, 0.3) is 0 Å². The minimum absolute atomic E-state index is 0.0728. The van der Waals surface area contributed by atoms with Gasteiger partial charge in [-0.25, -0.2) is 0 Å². The molecule has 0 saturated carbocycles. The zero-order valence-corrected chi connectivity index (χ0v) is 19.3. The van der Waals surface area contributed by atoms with E-state index in [1.807, 2.05) is 0 Å². The second kappa shape index (κ2) is 1.28. The number of hydrogen-bond donors (Lipinski definition) is 0. The third-order valence-corrected chi connectivity index (χ3v) is 41.2. The van der Waals surface area contributed by atoms with Crippen LogP contribution in [0.1, 0.15) is 6.42 Å². The van der Waals surface area contributed by atoms with Gasteiger partial charge in [-0.15, -0.1) is 0 Å². The molecule has 2 nitrogen and oxygen atoms in total.